The normalized spacial score (nSPS) is 15.3. The van der Waals surface area contributed by atoms with Gasteiger partial charge in [0.15, 0.2) is 0 Å². The molecule has 1 unspecified atom stereocenters. The third-order valence-electron chi connectivity index (χ3n) is 5.66. The fourth-order valence-electron chi connectivity index (χ4n) is 3.89. The summed E-state index contributed by atoms with van der Waals surface area (Å²) in [5.74, 6) is 0.389. The summed E-state index contributed by atoms with van der Waals surface area (Å²) in [5.41, 5.74) is 2.12. The average molecular weight is 451 g/mol. The van der Waals surface area contributed by atoms with Gasteiger partial charge in [0.05, 0.1) is 18.0 Å². The summed E-state index contributed by atoms with van der Waals surface area (Å²) in [7, 11) is -1.99. The van der Waals surface area contributed by atoms with E-state index >= 15 is 0 Å². The van der Waals surface area contributed by atoms with E-state index < -0.39 is 16.1 Å². The quantitative estimate of drug-likeness (QED) is 0.590. The van der Waals surface area contributed by atoms with Crippen LogP contribution in [-0.2, 0) is 10.0 Å². The van der Waals surface area contributed by atoms with Gasteiger partial charge in [-0.05, 0) is 54.3 Å². The Hall–Kier alpha value is -3.16. The van der Waals surface area contributed by atoms with E-state index in [1.54, 1.807) is 25.3 Å². The first kappa shape index (κ1) is 22.0. The van der Waals surface area contributed by atoms with Gasteiger partial charge in [-0.25, -0.2) is 8.42 Å². The third kappa shape index (κ3) is 4.69. The van der Waals surface area contributed by atoms with E-state index in [9.17, 15) is 13.2 Å². The number of hydrogen-bond donors (Lipinski definition) is 1. The van der Waals surface area contributed by atoms with Gasteiger partial charge in [0.2, 0.25) is 10.0 Å². The molecule has 1 saturated heterocycles. The monoisotopic (exact) mass is 450 g/mol. The van der Waals surface area contributed by atoms with Crippen LogP contribution in [0.5, 0.6) is 5.75 Å². The van der Waals surface area contributed by atoms with Gasteiger partial charge in [-0.15, -0.1) is 0 Å². The number of benzene rings is 3. The van der Waals surface area contributed by atoms with Crippen molar-refractivity contribution in [3.63, 3.8) is 0 Å². The molecule has 0 aromatic heterocycles. The lowest BCUT2D eigenvalue weighted by Gasteiger charge is -2.21. The summed E-state index contributed by atoms with van der Waals surface area (Å²) in [6.45, 7) is 1.04. The molecule has 32 heavy (non-hydrogen) atoms. The molecule has 1 N–H and O–H groups in total. The maximum atomic E-state index is 13.2. The molecular formula is C25H26N2O4S. The van der Waals surface area contributed by atoms with E-state index in [1.807, 2.05) is 54.6 Å². The second kappa shape index (κ2) is 9.54. The maximum absolute atomic E-state index is 13.2. The molecule has 3 aromatic rings. The highest BCUT2D eigenvalue weighted by Crippen LogP contribution is 2.26. The number of carbonyl (C=O) groups is 1. The van der Waals surface area contributed by atoms with Crippen LogP contribution in [0.3, 0.4) is 0 Å². The average Bonchev–Trinajstić information content (AvgIpc) is 3.39. The van der Waals surface area contributed by atoms with E-state index in [1.165, 1.54) is 10.4 Å². The van der Waals surface area contributed by atoms with Crippen LogP contribution in [0.25, 0.3) is 0 Å². The number of carbonyl (C=O) groups excluding carboxylic acids is 1. The third-order valence-corrected chi connectivity index (χ3v) is 7.55. The molecular weight excluding hydrogens is 424 g/mol. The van der Waals surface area contributed by atoms with E-state index in [0.717, 1.165) is 29.7 Å². The zero-order valence-electron chi connectivity index (χ0n) is 17.9. The smallest absolute Gasteiger partial charge is 0.252 e. The van der Waals surface area contributed by atoms with Crippen molar-refractivity contribution in [2.24, 2.45) is 0 Å². The van der Waals surface area contributed by atoms with Crippen LogP contribution in [0.15, 0.2) is 83.8 Å². The number of nitrogens with zero attached hydrogens (tertiary/aromatic N) is 1. The molecule has 0 saturated carbocycles. The predicted octanol–water partition coefficient (Wildman–Crippen LogP) is 4.00. The predicted molar refractivity (Wildman–Crippen MR) is 123 cm³/mol. The van der Waals surface area contributed by atoms with Crippen LogP contribution in [0.4, 0.5) is 0 Å². The fourth-order valence-corrected chi connectivity index (χ4v) is 5.45. The zero-order chi connectivity index (χ0) is 22.6. The van der Waals surface area contributed by atoms with Crippen molar-refractivity contribution in [3.8, 4) is 5.75 Å². The SMILES string of the molecule is COc1ccc(C(NC(=O)c2cccc(S(=O)(=O)N3CCCC3)c2)c2ccccc2)cc1. The van der Waals surface area contributed by atoms with Gasteiger partial charge in [0.25, 0.3) is 5.91 Å². The molecule has 1 heterocycles. The lowest BCUT2D eigenvalue weighted by Crippen LogP contribution is -2.30. The number of amides is 1. The van der Waals surface area contributed by atoms with E-state index in [2.05, 4.69) is 5.32 Å². The summed E-state index contributed by atoms with van der Waals surface area (Å²) in [4.78, 5) is 13.3. The molecule has 1 atom stereocenters. The molecule has 6 nitrogen and oxygen atoms in total. The minimum Gasteiger partial charge on any atom is -0.497 e. The van der Waals surface area contributed by atoms with Crippen LogP contribution in [0, 0.1) is 0 Å². The van der Waals surface area contributed by atoms with E-state index in [0.29, 0.717) is 18.7 Å². The highest BCUT2D eigenvalue weighted by atomic mass is 32.2. The molecule has 4 rings (SSSR count). The molecule has 0 bridgehead atoms. The first-order chi connectivity index (χ1) is 15.5. The summed E-state index contributed by atoms with van der Waals surface area (Å²) < 4.78 is 32.6. The molecule has 0 aliphatic carbocycles. The maximum Gasteiger partial charge on any atom is 0.252 e. The molecule has 0 radical (unpaired) electrons. The largest absolute Gasteiger partial charge is 0.497 e. The molecule has 0 spiro atoms. The zero-order valence-corrected chi connectivity index (χ0v) is 18.7. The Kier molecular flexibility index (Phi) is 6.58. The van der Waals surface area contributed by atoms with Crippen LogP contribution in [-0.4, -0.2) is 38.8 Å². The fraction of sp³-hybridized carbons (Fsp3) is 0.240. The number of ether oxygens (including phenoxy) is 1. The Morgan fingerprint density at radius 3 is 2.22 bits per heavy atom. The van der Waals surface area contributed by atoms with Gasteiger partial charge in [-0.3, -0.25) is 4.79 Å². The van der Waals surface area contributed by atoms with E-state index in [4.69, 9.17) is 4.74 Å². The standard InChI is InChI=1S/C25H26N2O4S/c1-31-22-14-12-20(13-15-22)24(19-8-3-2-4-9-19)26-25(28)21-10-7-11-23(18-21)32(29,30)27-16-5-6-17-27/h2-4,7-15,18,24H,5-6,16-17H2,1H3,(H,26,28). The minimum absolute atomic E-state index is 0.146. The van der Waals surface area contributed by atoms with Crippen LogP contribution >= 0.6 is 0 Å². The van der Waals surface area contributed by atoms with Crippen molar-refractivity contribution in [2.45, 2.75) is 23.8 Å². The van der Waals surface area contributed by atoms with Crippen LogP contribution in [0.2, 0.25) is 0 Å². The molecule has 166 valence electrons. The highest BCUT2D eigenvalue weighted by molar-refractivity contribution is 7.89. The number of rotatable bonds is 7. The Morgan fingerprint density at radius 2 is 1.56 bits per heavy atom. The second-order valence-corrected chi connectivity index (χ2v) is 9.67. The van der Waals surface area contributed by atoms with Gasteiger partial charge in [0, 0.05) is 18.7 Å². The number of sulfonamides is 1. The first-order valence-corrected chi connectivity index (χ1v) is 12.0. The van der Waals surface area contributed by atoms with Gasteiger partial charge >= 0.3 is 0 Å². The molecule has 1 amide bonds. The second-order valence-electron chi connectivity index (χ2n) is 7.73. The summed E-state index contributed by atoms with van der Waals surface area (Å²) >= 11 is 0. The van der Waals surface area contributed by atoms with E-state index in [-0.39, 0.29) is 10.8 Å². The first-order valence-electron chi connectivity index (χ1n) is 10.6. The Labute approximate surface area is 188 Å². The molecule has 1 aliphatic heterocycles. The van der Waals surface area contributed by atoms with Crippen molar-refractivity contribution in [1.82, 2.24) is 9.62 Å². The molecule has 1 aliphatic rings. The minimum atomic E-state index is -3.60. The van der Waals surface area contributed by atoms with Gasteiger partial charge < -0.3 is 10.1 Å². The summed E-state index contributed by atoms with van der Waals surface area (Å²) in [5, 5.41) is 3.06. The van der Waals surface area contributed by atoms with Crippen LogP contribution in [0.1, 0.15) is 40.4 Å². The molecule has 1 fully saturated rings. The highest BCUT2D eigenvalue weighted by Gasteiger charge is 2.28. The summed E-state index contributed by atoms with van der Waals surface area (Å²) in [6.07, 6.45) is 1.72. The van der Waals surface area contributed by atoms with Crippen molar-refractivity contribution in [3.05, 3.63) is 95.6 Å². The molecule has 7 heteroatoms. The van der Waals surface area contributed by atoms with Gasteiger partial charge in [0.1, 0.15) is 5.75 Å². The topological polar surface area (TPSA) is 75.7 Å². The van der Waals surface area contributed by atoms with Crippen molar-refractivity contribution < 1.29 is 17.9 Å². The Bertz CT molecular complexity index is 1170. The van der Waals surface area contributed by atoms with Gasteiger partial charge in [-0.2, -0.15) is 4.31 Å². The lowest BCUT2D eigenvalue weighted by molar-refractivity contribution is 0.0942. The van der Waals surface area contributed by atoms with Crippen molar-refractivity contribution in [1.29, 1.82) is 0 Å². The number of methoxy groups -OCH3 is 1. The van der Waals surface area contributed by atoms with Crippen molar-refractivity contribution in [2.75, 3.05) is 20.2 Å². The van der Waals surface area contributed by atoms with Crippen molar-refractivity contribution >= 4 is 15.9 Å². The number of hydrogen-bond acceptors (Lipinski definition) is 4. The molecule has 3 aromatic carbocycles. The lowest BCUT2D eigenvalue weighted by atomic mass is 9.98. The summed E-state index contributed by atoms with van der Waals surface area (Å²) in [6, 6.07) is 23.0. The number of nitrogens with one attached hydrogen (secondary N) is 1. The Morgan fingerprint density at radius 1 is 0.906 bits per heavy atom. The van der Waals surface area contributed by atoms with Crippen LogP contribution < -0.4 is 10.1 Å². The Balaban J connectivity index is 1.62. The van der Waals surface area contributed by atoms with Gasteiger partial charge in [-0.1, -0.05) is 48.5 Å².